The maximum Gasteiger partial charge on any atom is 0.243 e. The van der Waals surface area contributed by atoms with Gasteiger partial charge in [0, 0.05) is 18.5 Å². The molecule has 26 heavy (non-hydrogen) atoms. The van der Waals surface area contributed by atoms with Crippen LogP contribution in [-0.2, 0) is 6.42 Å². The second-order valence-electron chi connectivity index (χ2n) is 5.89. The molecule has 0 aliphatic carbocycles. The summed E-state index contributed by atoms with van der Waals surface area (Å²) in [6.45, 7) is 0.316. The minimum absolute atomic E-state index is 0. The van der Waals surface area contributed by atoms with Gasteiger partial charge < -0.3 is 19.0 Å². The van der Waals surface area contributed by atoms with Gasteiger partial charge >= 0.3 is 0 Å². The molecule has 9 heteroatoms. The van der Waals surface area contributed by atoms with Crippen LogP contribution in [0.4, 0.5) is 4.39 Å². The van der Waals surface area contributed by atoms with Gasteiger partial charge in [-0.2, -0.15) is 4.98 Å². The number of benzene rings is 1. The Morgan fingerprint density at radius 2 is 2.08 bits per heavy atom. The first-order valence-corrected chi connectivity index (χ1v) is 8.00. The van der Waals surface area contributed by atoms with Crippen LogP contribution in [0.3, 0.4) is 0 Å². The maximum atomic E-state index is 13.2. The van der Waals surface area contributed by atoms with Gasteiger partial charge in [0.05, 0.1) is 25.3 Å². The van der Waals surface area contributed by atoms with Crippen molar-refractivity contribution >= 4 is 12.4 Å². The Kier molecular flexibility index (Phi) is 5.53. The molecule has 3 heterocycles. The Morgan fingerprint density at radius 1 is 1.27 bits per heavy atom. The molecule has 1 aliphatic rings. The zero-order valence-corrected chi connectivity index (χ0v) is 14.8. The highest BCUT2D eigenvalue weighted by Gasteiger charge is 2.29. The first-order chi connectivity index (χ1) is 12.2. The molecule has 1 aromatic carbocycles. The summed E-state index contributed by atoms with van der Waals surface area (Å²) in [7, 11) is 1.62. The predicted molar refractivity (Wildman–Crippen MR) is 93.1 cm³/mol. The molecule has 0 spiro atoms. The number of nitrogens with one attached hydrogen (secondary N) is 1. The van der Waals surface area contributed by atoms with Crippen LogP contribution in [-0.4, -0.2) is 35.0 Å². The van der Waals surface area contributed by atoms with Gasteiger partial charge in [-0.15, -0.1) is 12.4 Å². The topological polar surface area (TPSA) is 86.2 Å². The number of oxazole rings is 1. The molecular weight excluding hydrogens is 363 g/mol. The molecule has 1 N–H and O–H groups in total. The minimum Gasteiger partial charge on any atom is -0.497 e. The third-order valence-electron chi connectivity index (χ3n) is 4.09. The van der Waals surface area contributed by atoms with E-state index in [1.54, 1.807) is 13.4 Å². The molecule has 0 saturated carbocycles. The molecule has 1 aliphatic heterocycles. The van der Waals surface area contributed by atoms with Gasteiger partial charge in [-0.25, -0.2) is 9.37 Å². The molecule has 0 unspecified atom stereocenters. The third-order valence-corrected chi connectivity index (χ3v) is 4.09. The molecule has 7 nitrogen and oxygen atoms in total. The van der Waals surface area contributed by atoms with Gasteiger partial charge in [-0.1, -0.05) is 5.16 Å². The van der Waals surface area contributed by atoms with Crippen molar-refractivity contribution in [3.05, 3.63) is 47.9 Å². The quantitative estimate of drug-likeness (QED) is 0.727. The van der Waals surface area contributed by atoms with E-state index >= 15 is 0 Å². The molecule has 2 atom stereocenters. The standard InChI is InChI=1S/C17H17FN4O3.ClH/c1-23-13-4-2-10(3-5-13)16-20-12(9-24-16)7-15-21-17(25-22-15)14-6-11(18)8-19-14;/h2-5,9,11,14,19H,6-8H2,1H3;1H/t11-,14+;/m0./s1. The Balaban J connectivity index is 0.00000196. The van der Waals surface area contributed by atoms with E-state index in [4.69, 9.17) is 13.7 Å². The minimum atomic E-state index is -0.872. The van der Waals surface area contributed by atoms with Crippen LogP contribution in [0.1, 0.15) is 29.9 Å². The number of hydrogen-bond acceptors (Lipinski definition) is 7. The highest BCUT2D eigenvalue weighted by Crippen LogP contribution is 2.25. The summed E-state index contributed by atoms with van der Waals surface area (Å²) in [5.74, 6) is 2.19. The zero-order valence-electron chi connectivity index (χ0n) is 14.0. The van der Waals surface area contributed by atoms with Gasteiger partial charge in [0.1, 0.15) is 18.2 Å². The Labute approximate surface area is 155 Å². The number of alkyl halides is 1. The van der Waals surface area contributed by atoms with E-state index in [0.717, 1.165) is 11.3 Å². The number of halogens is 2. The lowest BCUT2D eigenvalue weighted by atomic mass is 10.2. The normalized spacial score (nSPS) is 19.3. The van der Waals surface area contributed by atoms with E-state index in [-0.39, 0.29) is 18.4 Å². The van der Waals surface area contributed by atoms with Crippen molar-refractivity contribution in [3.8, 4) is 17.2 Å². The molecule has 2 aromatic heterocycles. The maximum absolute atomic E-state index is 13.2. The van der Waals surface area contributed by atoms with Gasteiger partial charge in [-0.3, -0.25) is 0 Å². The first kappa shape index (κ1) is 18.3. The molecular formula is C17H18ClFN4O3. The average molecular weight is 381 g/mol. The Bertz CT molecular complexity index is 852. The fourth-order valence-electron chi connectivity index (χ4n) is 2.78. The molecule has 3 aromatic rings. The van der Waals surface area contributed by atoms with Crippen LogP contribution in [0.5, 0.6) is 5.75 Å². The summed E-state index contributed by atoms with van der Waals surface area (Å²) in [6.07, 6.45) is 1.44. The number of rotatable bonds is 5. The summed E-state index contributed by atoms with van der Waals surface area (Å²) in [5.41, 5.74) is 1.55. The van der Waals surface area contributed by atoms with Gasteiger partial charge in [0.15, 0.2) is 5.82 Å². The van der Waals surface area contributed by atoms with Crippen LogP contribution in [0.2, 0.25) is 0 Å². The van der Waals surface area contributed by atoms with Crippen LogP contribution >= 0.6 is 12.4 Å². The lowest BCUT2D eigenvalue weighted by molar-refractivity contribution is 0.322. The third kappa shape index (κ3) is 3.86. The van der Waals surface area contributed by atoms with E-state index in [2.05, 4.69) is 20.4 Å². The van der Waals surface area contributed by atoms with Crippen LogP contribution in [0, 0.1) is 0 Å². The molecule has 4 rings (SSSR count). The van der Waals surface area contributed by atoms with Crippen LogP contribution in [0.25, 0.3) is 11.5 Å². The van der Waals surface area contributed by atoms with Crippen molar-refractivity contribution in [1.82, 2.24) is 20.4 Å². The summed E-state index contributed by atoms with van der Waals surface area (Å²) in [5, 5.41) is 6.96. The van der Waals surface area contributed by atoms with Crippen molar-refractivity contribution in [2.75, 3.05) is 13.7 Å². The van der Waals surface area contributed by atoms with E-state index in [1.165, 1.54) is 0 Å². The summed E-state index contributed by atoms with van der Waals surface area (Å²) in [6, 6.07) is 7.22. The lowest BCUT2D eigenvalue weighted by Gasteiger charge is -2.00. The van der Waals surface area contributed by atoms with Crippen molar-refractivity contribution < 1.29 is 18.1 Å². The number of nitrogens with zero attached hydrogens (tertiary/aromatic N) is 3. The van der Waals surface area contributed by atoms with Crippen molar-refractivity contribution in [3.63, 3.8) is 0 Å². The first-order valence-electron chi connectivity index (χ1n) is 8.00. The van der Waals surface area contributed by atoms with Crippen LogP contribution in [0.15, 0.2) is 39.5 Å². The van der Waals surface area contributed by atoms with Crippen molar-refractivity contribution in [2.24, 2.45) is 0 Å². The van der Waals surface area contributed by atoms with E-state index in [0.29, 0.717) is 42.7 Å². The van der Waals surface area contributed by atoms with E-state index in [1.807, 2.05) is 24.3 Å². The number of methoxy groups -OCH3 is 1. The summed E-state index contributed by atoms with van der Waals surface area (Å²) < 4.78 is 29.1. The van der Waals surface area contributed by atoms with E-state index < -0.39 is 6.17 Å². The zero-order chi connectivity index (χ0) is 17.2. The molecule has 1 saturated heterocycles. The number of ether oxygens (including phenoxy) is 1. The summed E-state index contributed by atoms with van der Waals surface area (Å²) >= 11 is 0. The highest BCUT2D eigenvalue weighted by atomic mass is 35.5. The van der Waals surface area contributed by atoms with Crippen molar-refractivity contribution in [1.29, 1.82) is 0 Å². The summed E-state index contributed by atoms with van der Waals surface area (Å²) in [4.78, 5) is 8.77. The van der Waals surface area contributed by atoms with Gasteiger partial charge in [0.25, 0.3) is 0 Å². The number of hydrogen-bond donors (Lipinski definition) is 1. The highest BCUT2D eigenvalue weighted by molar-refractivity contribution is 5.85. The molecule has 0 amide bonds. The van der Waals surface area contributed by atoms with Gasteiger partial charge in [0.2, 0.25) is 11.8 Å². The second kappa shape index (κ2) is 7.84. The predicted octanol–water partition coefficient (Wildman–Crippen LogP) is 3.12. The Morgan fingerprint density at radius 3 is 2.77 bits per heavy atom. The second-order valence-corrected chi connectivity index (χ2v) is 5.89. The van der Waals surface area contributed by atoms with Crippen molar-refractivity contribution in [2.45, 2.75) is 25.1 Å². The molecule has 0 radical (unpaired) electrons. The monoisotopic (exact) mass is 380 g/mol. The van der Waals surface area contributed by atoms with Gasteiger partial charge in [-0.05, 0) is 24.3 Å². The Hall–Kier alpha value is -2.45. The fraction of sp³-hybridized carbons (Fsp3) is 0.353. The number of aromatic nitrogens is 3. The SMILES string of the molecule is COc1ccc(-c2nc(Cc3noc([C@H]4C[C@H](F)CN4)n3)co2)cc1.Cl. The molecule has 1 fully saturated rings. The average Bonchev–Trinajstić information content (AvgIpc) is 3.36. The van der Waals surface area contributed by atoms with E-state index in [9.17, 15) is 4.39 Å². The molecule has 138 valence electrons. The smallest absolute Gasteiger partial charge is 0.243 e. The fourth-order valence-corrected chi connectivity index (χ4v) is 2.78. The largest absolute Gasteiger partial charge is 0.497 e. The van der Waals surface area contributed by atoms with Crippen LogP contribution < -0.4 is 10.1 Å². The molecule has 0 bridgehead atoms. The lowest BCUT2D eigenvalue weighted by Crippen LogP contribution is -2.14.